The Morgan fingerprint density at radius 1 is 1.00 bits per heavy atom. The van der Waals surface area contributed by atoms with Crippen molar-refractivity contribution in [3.05, 3.63) is 92.5 Å². The van der Waals surface area contributed by atoms with Crippen molar-refractivity contribution in [2.45, 2.75) is 6.61 Å². The third-order valence-electron chi connectivity index (χ3n) is 4.59. The minimum atomic E-state index is -0.775. The van der Waals surface area contributed by atoms with Gasteiger partial charge in [0.2, 0.25) is 0 Å². The van der Waals surface area contributed by atoms with Gasteiger partial charge in [0.15, 0.2) is 6.61 Å². The van der Waals surface area contributed by atoms with E-state index >= 15 is 0 Å². The van der Waals surface area contributed by atoms with Crippen LogP contribution in [0.15, 0.2) is 64.2 Å². The third-order valence-corrected chi connectivity index (χ3v) is 4.59. The lowest BCUT2D eigenvalue weighted by Crippen LogP contribution is -2.38. The first kappa shape index (κ1) is 22.5. The number of ether oxygens (including phenoxy) is 2. The molecule has 166 valence electrons. The molecule has 10 heteroatoms. The Morgan fingerprint density at radius 2 is 1.69 bits per heavy atom. The number of nitrogens with zero attached hydrogens (tertiary/aromatic N) is 2. The fourth-order valence-electron chi connectivity index (χ4n) is 2.79. The third kappa shape index (κ3) is 5.09. The van der Waals surface area contributed by atoms with Gasteiger partial charge in [0, 0.05) is 20.2 Å². The van der Waals surface area contributed by atoms with Gasteiger partial charge in [0.1, 0.15) is 23.7 Å². The summed E-state index contributed by atoms with van der Waals surface area (Å²) >= 11 is 0. The largest absolute Gasteiger partial charge is 0.483 e. The molecule has 1 N–H and O–H groups in total. The number of nitrogens with one attached hydrogen (secondary N) is 1. The van der Waals surface area contributed by atoms with Crippen molar-refractivity contribution in [1.82, 2.24) is 9.13 Å². The molecule has 0 unspecified atom stereocenters. The van der Waals surface area contributed by atoms with Crippen LogP contribution in [0.4, 0.5) is 10.1 Å². The van der Waals surface area contributed by atoms with Crippen molar-refractivity contribution in [3.8, 4) is 5.75 Å². The molecule has 0 fully saturated rings. The first-order valence-corrected chi connectivity index (χ1v) is 9.47. The minimum Gasteiger partial charge on any atom is -0.483 e. The fraction of sp³-hybridized carbons (Fsp3) is 0.182. The maximum Gasteiger partial charge on any atom is 0.342 e. The second kappa shape index (κ2) is 9.73. The second-order valence-electron chi connectivity index (χ2n) is 6.76. The van der Waals surface area contributed by atoms with Crippen molar-refractivity contribution >= 4 is 17.6 Å². The molecule has 1 heterocycles. The van der Waals surface area contributed by atoms with Crippen LogP contribution in [0.3, 0.4) is 0 Å². The molecule has 1 aromatic heterocycles. The van der Waals surface area contributed by atoms with E-state index in [1.54, 1.807) is 18.2 Å². The minimum absolute atomic E-state index is 0.00779. The van der Waals surface area contributed by atoms with Crippen LogP contribution in [0.2, 0.25) is 0 Å². The average Bonchev–Trinajstić information content (AvgIpc) is 2.79. The summed E-state index contributed by atoms with van der Waals surface area (Å²) in [7, 11) is 2.80. The zero-order valence-electron chi connectivity index (χ0n) is 17.3. The topological polar surface area (TPSA) is 109 Å². The van der Waals surface area contributed by atoms with Gasteiger partial charge in [-0.1, -0.05) is 24.3 Å². The van der Waals surface area contributed by atoms with E-state index in [9.17, 15) is 23.6 Å². The predicted octanol–water partition coefficient (Wildman–Crippen LogP) is 1.60. The van der Waals surface area contributed by atoms with Gasteiger partial charge in [-0.15, -0.1) is 0 Å². The molecular formula is C22H20FN3O6. The first-order chi connectivity index (χ1) is 15.3. The molecule has 0 bridgehead atoms. The Kier molecular flexibility index (Phi) is 6.83. The molecule has 0 saturated carbocycles. The van der Waals surface area contributed by atoms with E-state index in [0.29, 0.717) is 0 Å². The fourth-order valence-corrected chi connectivity index (χ4v) is 2.79. The van der Waals surface area contributed by atoms with Crippen LogP contribution < -0.4 is 21.3 Å². The van der Waals surface area contributed by atoms with Crippen LogP contribution in [0.25, 0.3) is 0 Å². The molecule has 3 rings (SSSR count). The summed E-state index contributed by atoms with van der Waals surface area (Å²) in [6.07, 6.45) is 0. The molecule has 3 aromatic rings. The molecule has 0 aliphatic heterocycles. The van der Waals surface area contributed by atoms with Crippen molar-refractivity contribution in [2.24, 2.45) is 14.1 Å². The van der Waals surface area contributed by atoms with Gasteiger partial charge in [-0.2, -0.15) is 0 Å². The number of benzene rings is 2. The molecular weight excluding hydrogens is 421 g/mol. The summed E-state index contributed by atoms with van der Waals surface area (Å²) in [6.45, 7) is -0.787. The smallest absolute Gasteiger partial charge is 0.342 e. The molecule has 9 nitrogen and oxygen atoms in total. The molecule has 32 heavy (non-hydrogen) atoms. The maximum absolute atomic E-state index is 13.6. The molecule has 1 amide bonds. The molecule has 0 aliphatic rings. The highest BCUT2D eigenvalue weighted by molar-refractivity contribution is 5.94. The maximum atomic E-state index is 13.6. The number of carbonyl (C=O) groups is 2. The average molecular weight is 441 g/mol. The quantitative estimate of drug-likeness (QED) is 0.558. The van der Waals surface area contributed by atoms with E-state index in [0.717, 1.165) is 4.57 Å². The van der Waals surface area contributed by atoms with Gasteiger partial charge in [-0.25, -0.2) is 14.0 Å². The van der Waals surface area contributed by atoms with Gasteiger partial charge in [0.25, 0.3) is 11.5 Å². The van der Waals surface area contributed by atoms with Crippen molar-refractivity contribution in [1.29, 1.82) is 0 Å². The Labute approximate surface area is 181 Å². The number of carbonyl (C=O) groups excluding carboxylic acids is 2. The van der Waals surface area contributed by atoms with E-state index in [4.69, 9.17) is 9.47 Å². The number of rotatable bonds is 7. The van der Waals surface area contributed by atoms with Crippen LogP contribution in [0.5, 0.6) is 5.75 Å². The number of esters is 1. The van der Waals surface area contributed by atoms with Gasteiger partial charge in [-0.3, -0.25) is 18.7 Å². The summed E-state index contributed by atoms with van der Waals surface area (Å²) in [6, 6.07) is 13.0. The van der Waals surface area contributed by atoms with Gasteiger partial charge >= 0.3 is 11.7 Å². The lowest BCUT2D eigenvalue weighted by Gasteiger charge is -2.13. The number of hydrogen-bond donors (Lipinski definition) is 1. The Morgan fingerprint density at radius 3 is 2.44 bits per heavy atom. The van der Waals surface area contributed by atoms with Gasteiger partial charge in [-0.05, 0) is 24.3 Å². The van der Waals surface area contributed by atoms with Gasteiger partial charge in [0.05, 0.1) is 11.4 Å². The van der Waals surface area contributed by atoms with Crippen molar-refractivity contribution in [3.63, 3.8) is 0 Å². The van der Waals surface area contributed by atoms with E-state index in [1.165, 1.54) is 55.1 Å². The summed E-state index contributed by atoms with van der Waals surface area (Å²) in [5, 5.41) is 2.38. The van der Waals surface area contributed by atoms with Crippen LogP contribution in [-0.2, 0) is 30.2 Å². The Bertz CT molecular complexity index is 1280. The Balaban J connectivity index is 1.66. The van der Waals surface area contributed by atoms with Crippen LogP contribution in [0.1, 0.15) is 16.1 Å². The van der Waals surface area contributed by atoms with Crippen LogP contribution in [0, 0.1) is 5.82 Å². The lowest BCUT2D eigenvalue weighted by molar-refractivity contribution is -0.118. The molecule has 0 aliphatic carbocycles. The SMILES string of the molecule is Cn1c(COC(=O)c2ccccc2OCC(=O)Nc2ccccc2F)cc(=O)n(C)c1=O. The van der Waals surface area contributed by atoms with E-state index in [-0.39, 0.29) is 29.3 Å². The number of hydrogen-bond acceptors (Lipinski definition) is 6. The number of anilines is 1. The van der Waals surface area contributed by atoms with Gasteiger partial charge < -0.3 is 14.8 Å². The highest BCUT2D eigenvalue weighted by Crippen LogP contribution is 2.20. The second-order valence-corrected chi connectivity index (χ2v) is 6.76. The molecule has 2 aromatic carbocycles. The highest BCUT2D eigenvalue weighted by Gasteiger charge is 2.16. The molecule has 0 atom stereocenters. The first-order valence-electron chi connectivity index (χ1n) is 9.47. The van der Waals surface area contributed by atoms with Crippen LogP contribution >= 0.6 is 0 Å². The predicted molar refractivity (Wildman–Crippen MR) is 113 cm³/mol. The van der Waals surface area contributed by atoms with E-state index in [2.05, 4.69) is 5.32 Å². The number of amides is 1. The van der Waals surface area contributed by atoms with Crippen molar-refractivity contribution < 1.29 is 23.5 Å². The normalized spacial score (nSPS) is 10.5. The summed E-state index contributed by atoms with van der Waals surface area (Å²) < 4.78 is 26.4. The number of aromatic nitrogens is 2. The number of halogens is 1. The zero-order chi connectivity index (χ0) is 23.3. The standard InChI is InChI=1S/C22H20FN3O6/c1-25-14(11-20(28)26(2)22(25)30)12-32-21(29)15-7-3-6-10-18(15)31-13-19(27)24-17-9-5-4-8-16(17)23/h3-11H,12-13H2,1-2H3,(H,24,27). The summed E-state index contributed by atoms with van der Waals surface area (Å²) in [4.78, 5) is 48.4. The molecule has 0 spiro atoms. The number of para-hydroxylation sites is 2. The van der Waals surface area contributed by atoms with Crippen LogP contribution in [-0.4, -0.2) is 27.6 Å². The Hall–Kier alpha value is -4.21. The monoisotopic (exact) mass is 441 g/mol. The van der Waals surface area contributed by atoms with E-state index in [1.807, 2.05) is 0 Å². The highest BCUT2D eigenvalue weighted by atomic mass is 19.1. The molecule has 0 radical (unpaired) electrons. The zero-order valence-corrected chi connectivity index (χ0v) is 17.3. The molecule has 0 saturated heterocycles. The van der Waals surface area contributed by atoms with E-state index < -0.39 is 35.5 Å². The summed E-state index contributed by atoms with van der Waals surface area (Å²) in [5.41, 5.74) is -0.806. The summed E-state index contributed by atoms with van der Waals surface area (Å²) in [5.74, 6) is -1.90. The van der Waals surface area contributed by atoms with Crippen molar-refractivity contribution in [2.75, 3.05) is 11.9 Å². The lowest BCUT2D eigenvalue weighted by atomic mass is 10.2.